The highest BCUT2D eigenvalue weighted by Crippen LogP contribution is 2.22. The molecule has 0 bridgehead atoms. The molecule has 1 aromatic rings. The second-order valence-electron chi connectivity index (χ2n) is 4.71. The van der Waals surface area contributed by atoms with Crippen LogP contribution in [-0.2, 0) is 10.3 Å². The number of hydrogen-bond donors (Lipinski definition) is 2. The van der Waals surface area contributed by atoms with Gasteiger partial charge >= 0.3 is 5.97 Å². The summed E-state index contributed by atoms with van der Waals surface area (Å²) in [6.45, 7) is 6.50. The summed E-state index contributed by atoms with van der Waals surface area (Å²) in [5.74, 6) is -0.433. The monoisotopic (exact) mass is 347 g/mol. The largest absolute Gasteiger partial charge is 0.480 e. The number of carboxylic acid groups (broad SMARTS) is 1. The van der Waals surface area contributed by atoms with Crippen molar-refractivity contribution >= 4 is 28.6 Å². The lowest BCUT2D eigenvalue weighted by Gasteiger charge is -2.28. The molecule has 0 amide bonds. The predicted octanol–water partition coefficient (Wildman–Crippen LogP) is 2.84. The first-order chi connectivity index (χ1) is 7.86. The molecule has 0 saturated carbocycles. The highest BCUT2D eigenvalue weighted by atomic mass is 127. The first-order valence-electron chi connectivity index (χ1n) is 5.60. The molecule has 3 nitrogen and oxygen atoms in total. The molecule has 0 heterocycles. The maximum absolute atomic E-state index is 11.5. The van der Waals surface area contributed by atoms with Crippen LogP contribution >= 0.6 is 22.6 Å². The number of hydrogen-bond acceptors (Lipinski definition) is 2. The minimum absolute atomic E-state index is 0.414. The average molecular weight is 347 g/mol. The molecule has 0 fully saturated rings. The van der Waals surface area contributed by atoms with Gasteiger partial charge in [-0.15, -0.1) is 0 Å². The SMILES string of the molecule is CC(C)CNC(C)(C(=O)O)c1ccc(I)cc1. The normalized spacial score (nSPS) is 14.6. The second-order valence-corrected chi connectivity index (χ2v) is 5.96. The standard InChI is InChI=1S/C13H18INO2/c1-9(2)8-15-13(3,12(16)17)10-4-6-11(14)7-5-10/h4-7,9,15H,8H2,1-3H3,(H,16,17). The van der Waals surface area contributed by atoms with Gasteiger partial charge in [-0.2, -0.15) is 0 Å². The molecule has 0 aliphatic heterocycles. The summed E-state index contributed by atoms with van der Waals surface area (Å²) in [5.41, 5.74) is -0.236. The van der Waals surface area contributed by atoms with Crippen molar-refractivity contribution in [2.45, 2.75) is 26.3 Å². The number of halogens is 1. The summed E-state index contributed by atoms with van der Waals surface area (Å²) in [4.78, 5) is 11.5. The lowest BCUT2D eigenvalue weighted by Crippen LogP contribution is -2.48. The fourth-order valence-corrected chi connectivity index (χ4v) is 1.85. The third kappa shape index (κ3) is 3.67. The Morgan fingerprint density at radius 2 is 1.94 bits per heavy atom. The van der Waals surface area contributed by atoms with E-state index in [-0.39, 0.29) is 0 Å². The number of benzene rings is 1. The molecule has 1 rings (SSSR count). The number of aliphatic carboxylic acids is 1. The van der Waals surface area contributed by atoms with Crippen molar-refractivity contribution < 1.29 is 9.90 Å². The first kappa shape index (κ1) is 14.4. The molecule has 0 aromatic heterocycles. The van der Waals surface area contributed by atoms with Gasteiger partial charge in [-0.05, 0) is 59.7 Å². The lowest BCUT2D eigenvalue weighted by atomic mass is 9.91. The zero-order valence-electron chi connectivity index (χ0n) is 10.3. The Morgan fingerprint density at radius 1 is 1.41 bits per heavy atom. The van der Waals surface area contributed by atoms with Crippen LogP contribution in [0.4, 0.5) is 0 Å². The van der Waals surface area contributed by atoms with Crippen LogP contribution in [-0.4, -0.2) is 17.6 Å². The predicted molar refractivity (Wildman–Crippen MR) is 77.0 cm³/mol. The van der Waals surface area contributed by atoms with E-state index in [9.17, 15) is 9.90 Å². The van der Waals surface area contributed by atoms with Gasteiger partial charge in [0.1, 0.15) is 5.54 Å². The van der Waals surface area contributed by atoms with Gasteiger partial charge in [0.15, 0.2) is 0 Å². The van der Waals surface area contributed by atoms with Crippen molar-refractivity contribution in [2.24, 2.45) is 5.92 Å². The van der Waals surface area contributed by atoms with Crippen molar-refractivity contribution in [2.75, 3.05) is 6.54 Å². The third-order valence-electron chi connectivity index (χ3n) is 2.71. The van der Waals surface area contributed by atoms with Gasteiger partial charge in [-0.25, -0.2) is 4.79 Å². The number of rotatable bonds is 5. The average Bonchev–Trinajstić information content (AvgIpc) is 2.26. The molecular formula is C13H18INO2. The smallest absolute Gasteiger partial charge is 0.328 e. The Kier molecular flexibility index (Phi) is 4.94. The van der Waals surface area contributed by atoms with Crippen molar-refractivity contribution in [3.8, 4) is 0 Å². The van der Waals surface area contributed by atoms with Crippen LogP contribution in [0.5, 0.6) is 0 Å². The van der Waals surface area contributed by atoms with E-state index in [0.717, 1.165) is 9.13 Å². The summed E-state index contributed by atoms with van der Waals surface area (Å²) < 4.78 is 1.10. The van der Waals surface area contributed by atoms with Gasteiger partial charge in [0, 0.05) is 3.57 Å². The first-order valence-corrected chi connectivity index (χ1v) is 6.68. The van der Waals surface area contributed by atoms with E-state index in [1.54, 1.807) is 6.92 Å². The molecule has 0 aliphatic rings. The number of carboxylic acids is 1. The molecular weight excluding hydrogens is 329 g/mol. The van der Waals surface area contributed by atoms with Gasteiger partial charge in [0.25, 0.3) is 0 Å². The van der Waals surface area contributed by atoms with Gasteiger partial charge in [-0.3, -0.25) is 5.32 Å². The molecule has 17 heavy (non-hydrogen) atoms. The molecule has 1 aromatic carbocycles. The Morgan fingerprint density at radius 3 is 2.35 bits per heavy atom. The van der Waals surface area contributed by atoms with Crippen LogP contribution in [0.2, 0.25) is 0 Å². The Hall–Kier alpha value is -0.620. The Bertz CT molecular complexity index is 389. The van der Waals surface area contributed by atoms with Crippen molar-refractivity contribution in [3.05, 3.63) is 33.4 Å². The molecule has 0 saturated heterocycles. The van der Waals surface area contributed by atoms with Crippen LogP contribution in [0.15, 0.2) is 24.3 Å². The molecule has 94 valence electrons. The van der Waals surface area contributed by atoms with Crippen molar-refractivity contribution in [1.82, 2.24) is 5.32 Å². The van der Waals surface area contributed by atoms with Crippen LogP contribution < -0.4 is 5.32 Å². The zero-order valence-corrected chi connectivity index (χ0v) is 12.5. The molecule has 4 heteroatoms. The Balaban J connectivity index is 2.98. The van der Waals surface area contributed by atoms with E-state index in [4.69, 9.17) is 0 Å². The van der Waals surface area contributed by atoms with Crippen LogP contribution in [0, 0.1) is 9.49 Å². The fourth-order valence-electron chi connectivity index (χ4n) is 1.49. The number of carbonyl (C=O) groups is 1. The molecule has 0 spiro atoms. The topological polar surface area (TPSA) is 49.3 Å². The fraction of sp³-hybridized carbons (Fsp3) is 0.462. The Labute approximate surface area is 116 Å². The van der Waals surface area contributed by atoms with Gasteiger partial charge in [0.05, 0.1) is 0 Å². The number of nitrogens with one attached hydrogen (secondary N) is 1. The van der Waals surface area contributed by atoms with Crippen molar-refractivity contribution in [3.63, 3.8) is 0 Å². The van der Waals surface area contributed by atoms with E-state index < -0.39 is 11.5 Å². The highest BCUT2D eigenvalue weighted by Gasteiger charge is 2.34. The van der Waals surface area contributed by atoms with Gasteiger partial charge in [-0.1, -0.05) is 26.0 Å². The zero-order chi connectivity index (χ0) is 13.1. The quantitative estimate of drug-likeness (QED) is 0.806. The van der Waals surface area contributed by atoms with E-state index in [0.29, 0.717) is 12.5 Å². The van der Waals surface area contributed by atoms with Gasteiger partial charge in [0.2, 0.25) is 0 Å². The van der Waals surface area contributed by atoms with Crippen molar-refractivity contribution in [1.29, 1.82) is 0 Å². The van der Waals surface area contributed by atoms with Gasteiger partial charge < -0.3 is 5.11 Å². The molecule has 1 unspecified atom stereocenters. The second kappa shape index (κ2) is 5.82. The summed E-state index contributed by atoms with van der Waals surface area (Å²) >= 11 is 2.21. The van der Waals surface area contributed by atoms with E-state index in [2.05, 4.69) is 41.8 Å². The van der Waals surface area contributed by atoms with Crippen LogP contribution in [0.1, 0.15) is 26.3 Å². The van der Waals surface area contributed by atoms with Crippen LogP contribution in [0.3, 0.4) is 0 Å². The highest BCUT2D eigenvalue weighted by molar-refractivity contribution is 14.1. The lowest BCUT2D eigenvalue weighted by molar-refractivity contribution is -0.144. The maximum atomic E-state index is 11.5. The summed E-state index contributed by atoms with van der Waals surface area (Å²) in [5, 5.41) is 12.5. The van der Waals surface area contributed by atoms with E-state index in [1.807, 2.05) is 24.3 Å². The summed E-state index contributed by atoms with van der Waals surface area (Å²) in [6, 6.07) is 7.58. The van der Waals surface area contributed by atoms with E-state index >= 15 is 0 Å². The van der Waals surface area contributed by atoms with E-state index in [1.165, 1.54) is 0 Å². The van der Waals surface area contributed by atoms with Crippen LogP contribution in [0.25, 0.3) is 0 Å². The molecule has 2 N–H and O–H groups in total. The summed E-state index contributed by atoms with van der Waals surface area (Å²) in [7, 11) is 0. The molecule has 1 atom stereocenters. The molecule has 0 aliphatic carbocycles. The minimum atomic E-state index is -1.02. The maximum Gasteiger partial charge on any atom is 0.328 e. The third-order valence-corrected chi connectivity index (χ3v) is 3.43. The summed E-state index contributed by atoms with van der Waals surface area (Å²) in [6.07, 6.45) is 0. The minimum Gasteiger partial charge on any atom is -0.480 e. The molecule has 0 radical (unpaired) electrons.